The normalized spacial score (nSPS) is 10.8. The summed E-state index contributed by atoms with van der Waals surface area (Å²) in [6.45, 7) is 0. The molecular weight excluding hydrogens is 295 g/mol. The molecule has 0 fully saturated rings. The number of hydrogen-bond acceptors (Lipinski definition) is 3. The summed E-state index contributed by atoms with van der Waals surface area (Å²) in [6.07, 6.45) is 3.01. The fourth-order valence-electron chi connectivity index (χ4n) is 2.13. The van der Waals surface area contributed by atoms with Gasteiger partial charge in [0.05, 0.1) is 21.8 Å². The molecule has 2 heterocycles. The first-order valence-electron chi connectivity index (χ1n) is 6.05. The average molecular weight is 305 g/mol. The summed E-state index contributed by atoms with van der Waals surface area (Å²) >= 11 is 5.80. The number of pyridine rings is 1. The molecule has 0 aliphatic heterocycles. The highest BCUT2D eigenvalue weighted by atomic mass is 35.5. The van der Waals surface area contributed by atoms with Crippen LogP contribution in [0.1, 0.15) is 0 Å². The van der Waals surface area contributed by atoms with Crippen molar-refractivity contribution < 1.29 is 4.39 Å². The van der Waals surface area contributed by atoms with Gasteiger partial charge < -0.3 is 10.7 Å². The molecule has 0 unspecified atom stereocenters. The topological polar surface area (TPSA) is 87.6 Å². The van der Waals surface area contributed by atoms with Crippen molar-refractivity contribution >= 4 is 17.4 Å². The predicted molar refractivity (Wildman–Crippen MR) is 79.5 cm³/mol. The van der Waals surface area contributed by atoms with Gasteiger partial charge in [0.25, 0.3) is 0 Å². The van der Waals surface area contributed by atoms with E-state index in [1.54, 1.807) is 6.07 Å². The minimum atomic E-state index is -0.610. The van der Waals surface area contributed by atoms with Crippen LogP contribution in [0.4, 0.5) is 10.2 Å². The van der Waals surface area contributed by atoms with Gasteiger partial charge in [-0.2, -0.15) is 5.10 Å². The monoisotopic (exact) mass is 304 g/mol. The van der Waals surface area contributed by atoms with Crippen molar-refractivity contribution in [3.05, 3.63) is 57.7 Å². The molecule has 21 heavy (non-hydrogen) atoms. The lowest BCUT2D eigenvalue weighted by Gasteiger charge is -2.06. The fraction of sp³-hybridized carbons (Fsp3) is 0. The maximum Gasteiger partial charge on any atom is 0.190 e. The van der Waals surface area contributed by atoms with Gasteiger partial charge >= 0.3 is 0 Å². The lowest BCUT2D eigenvalue weighted by atomic mass is 10.0. The van der Waals surface area contributed by atoms with E-state index in [2.05, 4.69) is 15.2 Å². The van der Waals surface area contributed by atoms with Crippen LogP contribution in [0.15, 0.2) is 41.5 Å². The van der Waals surface area contributed by atoms with Gasteiger partial charge in [-0.25, -0.2) is 4.39 Å². The van der Waals surface area contributed by atoms with Crippen LogP contribution in [0.2, 0.25) is 5.02 Å². The van der Waals surface area contributed by atoms with Crippen molar-refractivity contribution in [3.63, 3.8) is 0 Å². The van der Waals surface area contributed by atoms with Crippen molar-refractivity contribution in [2.75, 3.05) is 5.73 Å². The lowest BCUT2D eigenvalue weighted by molar-refractivity contribution is 0.632. The molecule has 0 saturated carbocycles. The van der Waals surface area contributed by atoms with Crippen molar-refractivity contribution in [3.8, 4) is 22.4 Å². The standard InChI is InChI=1S/C14H10ClFN4O/c15-9-3-1-2-7(12(9)16)11-13(19-20-14(11)17)8-6-18-5-4-10(8)21/h1-6H,(H,18,21)(H3,17,19,20). The van der Waals surface area contributed by atoms with E-state index in [-0.39, 0.29) is 21.8 Å². The Morgan fingerprint density at radius 2 is 2.05 bits per heavy atom. The van der Waals surface area contributed by atoms with Gasteiger partial charge in [0.1, 0.15) is 5.82 Å². The fourth-order valence-corrected chi connectivity index (χ4v) is 2.31. The number of aromatic nitrogens is 3. The summed E-state index contributed by atoms with van der Waals surface area (Å²) < 4.78 is 14.2. The molecule has 3 aromatic rings. The SMILES string of the molecule is Nc1n[nH]c(-c2c[nH]ccc2=O)c1-c1cccc(Cl)c1F. The van der Waals surface area contributed by atoms with Crippen LogP contribution in [0.3, 0.4) is 0 Å². The molecule has 0 bridgehead atoms. The smallest absolute Gasteiger partial charge is 0.190 e. The van der Waals surface area contributed by atoms with E-state index in [0.717, 1.165) is 0 Å². The second kappa shape index (κ2) is 5.06. The Kier molecular flexibility index (Phi) is 3.23. The number of hydrogen-bond donors (Lipinski definition) is 3. The maximum absolute atomic E-state index is 14.2. The minimum absolute atomic E-state index is 0.0268. The largest absolute Gasteiger partial charge is 0.382 e. The van der Waals surface area contributed by atoms with E-state index in [1.807, 2.05) is 0 Å². The molecule has 4 N–H and O–H groups in total. The van der Waals surface area contributed by atoms with E-state index in [4.69, 9.17) is 17.3 Å². The van der Waals surface area contributed by atoms with Gasteiger partial charge in [0.2, 0.25) is 0 Å². The first-order valence-corrected chi connectivity index (χ1v) is 6.43. The maximum atomic E-state index is 14.2. The zero-order valence-electron chi connectivity index (χ0n) is 10.7. The van der Waals surface area contributed by atoms with Gasteiger partial charge in [-0.15, -0.1) is 0 Å². The third kappa shape index (κ3) is 2.19. The van der Waals surface area contributed by atoms with Crippen LogP contribution in [0.5, 0.6) is 0 Å². The van der Waals surface area contributed by atoms with Gasteiger partial charge in [-0.05, 0) is 6.07 Å². The third-order valence-electron chi connectivity index (χ3n) is 3.11. The molecule has 0 amide bonds. The highest BCUT2D eigenvalue weighted by Crippen LogP contribution is 2.36. The number of nitrogens with two attached hydrogens (primary N) is 1. The molecule has 2 aromatic heterocycles. The van der Waals surface area contributed by atoms with Crippen LogP contribution in [0, 0.1) is 5.82 Å². The van der Waals surface area contributed by atoms with Crippen molar-refractivity contribution in [1.82, 2.24) is 15.2 Å². The first kappa shape index (κ1) is 13.4. The molecule has 0 saturated heterocycles. The lowest BCUT2D eigenvalue weighted by Crippen LogP contribution is -2.04. The number of H-pyrrole nitrogens is 2. The molecule has 0 atom stereocenters. The molecule has 0 aliphatic carbocycles. The second-order valence-electron chi connectivity index (χ2n) is 4.38. The summed E-state index contributed by atoms with van der Waals surface area (Å²) in [7, 11) is 0. The van der Waals surface area contributed by atoms with Crippen LogP contribution >= 0.6 is 11.6 Å². The predicted octanol–water partition coefficient (Wildman–Crippen LogP) is 2.81. The highest BCUT2D eigenvalue weighted by Gasteiger charge is 2.20. The van der Waals surface area contributed by atoms with Crippen LogP contribution in [-0.4, -0.2) is 15.2 Å². The van der Waals surface area contributed by atoms with Gasteiger partial charge in [0, 0.05) is 24.0 Å². The molecule has 1 aromatic carbocycles. The number of rotatable bonds is 2. The molecular formula is C14H10ClFN4O. The number of nitrogen functional groups attached to an aromatic ring is 1. The van der Waals surface area contributed by atoms with Crippen molar-refractivity contribution in [2.45, 2.75) is 0 Å². The summed E-state index contributed by atoms with van der Waals surface area (Å²) in [5, 5.41) is 6.52. The molecule has 0 spiro atoms. The van der Waals surface area contributed by atoms with Crippen LogP contribution < -0.4 is 11.2 Å². The Morgan fingerprint density at radius 1 is 1.24 bits per heavy atom. The van der Waals surface area contributed by atoms with E-state index in [1.165, 1.54) is 30.6 Å². The summed E-state index contributed by atoms with van der Waals surface area (Å²) in [5.41, 5.74) is 6.74. The summed E-state index contributed by atoms with van der Waals surface area (Å²) in [5.74, 6) is -0.518. The average Bonchev–Trinajstić information content (AvgIpc) is 2.84. The highest BCUT2D eigenvalue weighted by molar-refractivity contribution is 6.31. The number of nitrogens with one attached hydrogen (secondary N) is 2. The summed E-state index contributed by atoms with van der Waals surface area (Å²) in [6, 6.07) is 5.94. The van der Waals surface area contributed by atoms with Gasteiger partial charge in [0.15, 0.2) is 11.2 Å². The number of nitrogens with zero attached hydrogens (tertiary/aromatic N) is 1. The Hall–Kier alpha value is -2.60. The van der Waals surface area contributed by atoms with Crippen LogP contribution in [-0.2, 0) is 0 Å². The Labute approximate surface area is 123 Å². The van der Waals surface area contributed by atoms with E-state index in [9.17, 15) is 9.18 Å². The number of anilines is 1. The molecule has 7 heteroatoms. The minimum Gasteiger partial charge on any atom is -0.382 e. The zero-order chi connectivity index (χ0) is 15.0. The van der Waals surface area contributed by atoms with E-state index >= 15 is 0 Å². The van der Waals surface area contributed by atoms with Gasteiger partial charge in [-0.1, -0.05) is 23.7 Å². The quantitative estimate of drug-likeness (QED) is 0.680. The van der Waals surface area contributed by atoms with Crippen molar-refractivity contribution in [1.29, 1.82) is 0 Å². The second-order valence-corrected chi connectivity index (χ2v) is 4.79. The zero-order valence-corrected chi connectivity index (χ0v) is 11.4. The van der Waals surface area contributed by atoms with Crippen LogP contribution in [0.25, 0.3) is 22.4 Å². The first-order chi connectivity index (χ1) is 10.1. The van der Waals surface area contributed by atoms with E-state index < -0.39 is 5.82 Å². The number of aromatic amines is 2. The number of halogens is 2. The molecule has 0 aliphatic rings. The third-order valence-corrected chi connectivity index (χ3v) is 3.40. The Balaban J connectivity index is 2.31. The molecule has 106 valence electrons. The van der Waals surface area contributed by atoms with Gasteiger partial charge in [-0.3, -0.25) is 9.89 Å². The van der Waals surface area contributed by atoms with Crippen molar-refractivity contribution in [2.24, 2.45) is 0 Å². The Bertz CT molecular complexity index is 871. The summed E-state index contributed by atoms with van der Waals surface area (Å²) in [4.78, 5) is 14.7. The number of benzene rings is 1. The molecule has 3 rings (SSSR count). The molecule has 5 nitrogen and oxygen atoms in total. The Morgan fingerprint density at radius 3 is 2.81 bits per heavy atom. The van der Waals surface area contributed by atoms with E-state index in [0.29, 0.717) is 16.8 Å². The molecule has 0 radical (unpaired) electrons.